The molecule has 0 spiro atoms. The number of nitrogens with zero attached hydrogens (tertiary/aromatic N) is 4. The van der Waals surface area contributed by atoms with Crippen molar-refractivity contribution in [1.82, 2.24) is 14.7 Å². The minimum atomic E-state index is -4.53. The Labute approximate surface area is 155 Å². The van der Waals surface area contributed by atoms with Gasteiger partial charge in [-0.25, -0.2) is 4.79 Å². The standard InChI is InChI=1S/C18H21F3N4O2/c1-2-23(17(26)25-13-15(11-22-25)18(19,20)21)12-14-4-3-5-16(10-14)24-6-8-27-9-7-24/h3-5,10-11,13H,2,6-9,12H2,1H3. The van der Waals surface area contributed by atoms with Gasteiger partial charge in [0.2, 0.25) is 0 Å². The number of alkyl halides is 3. The van der Waals surface area contributed by atoms with Crippen molar-refractivity contribution in [3.8, 4) is 0 Å². The maximum absolute atomic E-state index is 12.7. The number of rotatable bonds is 4. The summed E-state index contributed by atoms with van der Waals surface area (Å²) in [5, 5.41) is 3.57. The second-order valence-corrected chi connectivity index (χ2v) is 6.24. The Morgan fingerprint density at radius 3 is 2.67 bits per heavy atom. The zero-order valence-electron chi connectivity index (χ0n) is 14.9. The molecule has 1 aliphatic heterocycles. The van der Waals surface area contributed by atoms with Crippen LogP contribution in [-0.4, -0.2) is 53.6 Å². The van der Waals surface area contributed by atoms with E-state index in [2.05, 4.69) is 10.00 Å². The van der Waals surface area contributed by atoms with Crippen molar-refractivity contribution in [1.29, 1.82) is 0 Å². The summed E-state index contributed by atoms with van der Waals surface area (Å²) >= 11 is 0. The van der Waals surface area contributed by atoms with Gasteiger partial charge in [0.05, 0.1) is 25.0 Å². The molecule has 0 aliphatic carbocycles. The van der Waals surface area contributed by atoms with Crippen LogP contribution >= 0.6 is 0 Å². The van der Waals surface area contributed by atoms with E-state index in [0.717, 1.165) is 35.2 Å². The molecule has 0 N–H and O–H groups in total. The molecule has 2 heterocycles. The van der Waals surface area contributed by atoms with Gasteiger partial charge < -0.3 is 14.5 Å². The van der Waals surface area contributed by atoms with Gasteiger partial charge in [-0.05, 0) is 24.6 Å². The summed E-state index contributed by atoms with van der Waals surface area (Å²) in [7, 11) is 0. The van der Waals surface area contributed by atoms with Crippen LogP contribution in [0.25, 0.3) is 0 Å². The predicted octanol–water partition coefficient (Wildman–Crippen LogP) is 3.23. The van der Waals surface area contributed by atoms with Crippen LogP contribution in [0.4, 0.5) is 23.7 Å². The minimum absolute atomic E-state index is 0.286. The lowest BCUT2D eigenvalue weighted by Gasteiger charge is -2.29. The number of hydrogen-bond donors (Lipinski definition) is 0. The van der Waals surface area contributed by atoms with E-state index in [1.165, 1.54) is 4.90 Å². The number of carbonyl (C=O) groups is 1. The Morgan fingerprint density at radius 1 is 1.30 bits per heavy atom. The van der Waals surface area contributed by atoms with E-state index >= 15 is 0 Å². The Balaban J connectivity index is 1.73. The Kier molecular flexibility index (Phi) is 5.69. The van der Waals surface area contributed by atoms with Crippen LogP contribution in [0.5, 0.6) is 0 Å². The van der Waals surface area contributed by atoms with E-state index < -0.39 is 17.8 Å². The average molecular weight is 382 g/mol. The first-order valence-electron chi connectivity index (χ1n) is 8.71. The molecule has 9 heteroatoms. The fourth-order valence-corrected chi connectivity index (χ4v) is 2.93. The van der Waals surface area contributed by atoms with E-state index in [9.17, 15) is 18.0 Å². The van der Waals surface area contributed by atoms with Crippen LogP contribution in [0.15, 0.2) is 36.7 Å². The van der Waals surface area contributed by atoms with Gasteiger partial charge >= 0.3 is 12.2 Å². The highest BCUT2D eigenvalue weighted by Crippen LogP contribution is 2.28. The summed E-state index contributed by atoms with van der Waals surface area (Å²) in [6.07, 6.45) is -3.15. The van der Waals surface area contributed by atoms with Crippen LogP contribution in [-0.2, 0) is 17.5 Å². The molecule has 1 aliphatic rings. The lowest BCUT2D eigenvalue weighted by molar-refractivity contribution is -0.137. The number of benzene rings is 1. The molecular weight excluding hydrogens is 361 g/mol. The topological polar surface area (TPSA) is 50.6 Å². The van der Waals surface area contributed by atoms with E-state index in [0.29, 0.717) is 26.0 Å². The molecule has 1 saturated heterocycles. The number of carbonyl (C=O) groups excluding carboxylic acids is 1. The molecule has 0 saturated carbocycles. The fraction of sp³-hybridized carbons (Fsp3) is 0.444. The summed E-state index contributed by atoms with van der Waals surface area (Å²) in [5.41, 5.74) is 0.997. The second-order valence-electron chi connectivity index (χ2n) is 6.24. The molecular formula is C18H21F3N4O2. The third-order valence-electron chi connectivity index (χ3n) is 4.42. The molecule has 146 valence electrons. The number of anilines is 1. The van der Waals surface area contributed by atoms with E-state index in [1.54, 1.807) is 6.92 Å². The highest BCUT2D eigenvalue weighted by Gasteiger charge is 2.33. The molecule has 2 aromatic rings. The van der Waals surface area contributed by atoms with Crippen LogP contribution in [0.3, 0.4) is 0 Å². The largest absolute Gasteiger partial charge is 0.419 e. The van der Waals surface area contributed by atoms with Crippen LogP contribution in [0.1, 0.15) is 18.1 Å². The summed E-state index contributed by atoms with van der Waals surface area (Å²) in [6, 6.07) is 7.20. The van der Waals surface area contributed by atoms with Crippen LogP contribution in [0, 0.1) is 0 Å². The molecule has 27 heavy (non-hydrogen) atoms. The van der Waals surface area contributed by atoms with Gasteiger partial charge in [0.25, 0.3) is 0 Å². The molecule has 3 rings (SSSR count). The average Bonchev–Trinajstić information content (AvgIpc) is 3.17. The van der Waals surface area contributed by atoms with Crippen molar-refractivity contribution in [2.45, 2.75) is 19.6 Å². The van der Waals surface area contributed by atoms with Gasteiger partial charge in [-0.2, -0.15) is 23.0 Å². The number of hydrogen-bond acceptors (Lipinski definition) is 4. The lowest BCUT2D eigenvalue weighted by atomic mass is 10.1. The van der Waals surface area contributed by atoms with Crippen molar-refractivity contribution >= 4 is 11.7 Å². The summed E-state index contributed by atoms with van der Waals surface area (Å²) in [6.45, 7) is 5.35. The molecule has 0 radical (unpaired) electrons. The fourth-order valence-electron chi connectivity index (χ4n) is 2.93. The third kappa shape index (κ3) is 4.60. The normalized spacial score (nSPS) is 15.0. The maximum atomic E-state index is 12.7. The zero-order chi connectivity index (χ0) is 19.4. The van der Waals surface area contributed by atoms with E-state index in [4.69, 9.17) is 4.74 Å². The Bertz CT molecular complexity index is 785. The molecule has 1 aromatic carbocycles. The first-order chi connectivity index (χ1) is 12.9. The summed E-state index contributed by atoms with van der Waals surface area (Å²) in [5.74, 6) is 0. The van der Waals surface area contributed by atoms with Crippen molar-refractivity contribution in [2.24, 2.45) is 0 Å². The van der Waals surface area contributed by atoms with Gasteiger partial charge in [0, 0.05) is 38.1 Å². The van der Waals surface area contributed by atoms with Gasteiger partial charge in [0.1, 0.15) is 0 Å². The third-order valence-corrected chi connectivity index (χ3v) is 4.42. The predicted molar refractivity (Wildman–Crippen MR) is 93.6 cm³/mol. The summed E-state index contributed by atoms with van der Waals surface area (Å²) in [4.78, 5) is 16.2. The second kappa shape index (κ2) is 7.99. The Hall–Kier alpha value is -2.55. The molecule has 6 nitrogen and oxygen atoms in total. The van der Waals surface area contributed by atoms with Crippen molar-refractivity contribution in [3.05, 3.63) is 47.8 Å². The zero-order valence-corrected chi connectivity index (χ0v) is 14.9. The van der Waals surface area contributed by atoms with Gasteiger partial charge in [-0.1, -0.05) is 12.1 Å². The van der Waals surface area contributed by atoms with Crippen molar-refractivity contribution < 1.29 is 22.7 Å². The van der Waals surface area contributed by atoms with Crippen molar-refractivity contribution in [3.63, 3.8) is 0 Å². The summed E-state index contributed by atoms with van der Waals surface area (Å²) < 4.78 is 44.3. The van der Waals surface area contributed by atoms with Crippen LogP contribution < -0.4 is 4.90 Å². The van der Waals surface area contributed by atoms with Gasteiger partial charge in [-0.15, -0.1) is 0 Å². The first-order valence-corrected chi connectivity index (χ1v) is 8.71. The first kappa shape index (κ1) is 19.2. The highest BCUT2D eigenvalue weighted by molar-refractivity contribution is 5.76. The molecule has 1 amide bonds. The number of halogens is 3. The highest BCUT2D eigenvalue weighted by atomic mass is 19.4. The van der Waals surface area contributed by atoms with E-state index in [1.807, 2.05) is 24.3 Å². The monoisotopic (exact) mass is 382 g/mol. The minimum Gasteiger partial charge on any atom is -0.378 e. The maximum Gasteiger partial charge on any atom is 0.419 e. The Morgan fingerprint density at radius 2 is 2.04 bits per heavy atom. The molecule has 1 fully saturated rings. The molecule has 0 unspecified atom stereocenters. The van der Waals surface area contributed by atoms with Crippen molar-refractivity contribution in [2.75, 3.05) is 37.7 Å². The molecule has 0 atom stereocenters. The van der Waals surface area contributed by atoms with Gasteiger partial charge in [-0.3, -0.25) is 0 Å². The molecule has 1 aromatic heterocycles. The van der Waals surface area contributed by atoms with Gasteiger partial charge in [0.15, 0.2) is 0 Å². The van der Waals surface area contributed by atoms with Crippen LogP contribution in [0.2, 0.25) is 0 Å². The number of aromatic nitrogens is 2. The lowest BCUT2D eigenvalue weighted by Crippen LogP contribution is -2.36. The molecule has 0 bridgehead atoms. The smallest absolute Gasteiger partial charge is 0.378 e. The quantitative estimate of drug-likeness (QED) is 0.815. The number of amides is 1. The number of morpholine rings is 1. The number of ether oxygens (including phenoxy) is 1. The SMILES string of the molecule is CCN(Cc1cccc(N2CCOCC2)c1)C(=O)n1cc(C(F)(F)F)cn1. The van der Waals surface area contributed by atoms with E-state index in [-0.39, 0.29) is 6.54 Å².